The van der Waals surface area contributed by atoms with Gasteiger partial charge in [-0.25, -0.2) is 18.9 Å². The lowest BCUT2D eigenvalue weighted by atomic mass is 9.92. The van der Waals surface area contributed by atoms with E-state index >= 15 is 0 Å². The Kier molecular flexibility index (Phi) is 5.52. The molecule has 2 fully saturated rings. The minimum absolute atomic E-state index is 0.119. The third kappa shape index (κ3) is 3.95. The summed E-state index contributed by atoms with van der Waals surface area (Å²) in [5, 5.41) is 2.52. The maximum Gasteiger partial charge on any atom is 0.338 e. The number of aromatic nitrogens is 1. The van der Waals surface area contributed by atoms with E-state index in [4.69, 9.17) is 21.3 Å². The Morgan fingerprint density at radius 2 is 2.27 bits per heavy atom. The van der Waals surface area contributed by atoms with Crippen LogP contribution in [-0.2, 0) is 19.7 Å². The third-order valence-electron chi connectivity index (χ3n) is 5.71. The number of hydrogen-bond donors (Lipinski definition) is 2. The quantitative estimate of drug-likeness (QED) is 0.608. The normalized spacial score (nSPS) is 26.0. The Labute approximate surface area is 198 Å². The van der Waals surface area contributed by atoms with Crippen LogP contribution in [0.15, 0.2) is 46.0 Å². The summed E-state index contributed by atoms with van der Waals surface area (Å²) >= 11 is 7.73. The molecule has 2 N–H and O–H groups in total. The molecule has 5 rings (SSSR count). The Morgan fingerprint density at radius 1 is 1.45 bits per heavy atom. The predicted octanol–water partition coefficient (Wildman–Crippen LogP) is 2.14. The Hall–Kier alpha value is -2.38. The Morgan fingerprint density at radius 3 is 2.91 bits per heavy atom. The van der Waals surface area contributed by atoms with Crippen molar-refractivity contribution in [3.8, 4) is 0 Å². The van der Waals surface area contributed by atoms with E-state index in [0.717, 1.165) is 0 Å². The van der Waals surface area contributed by atoms with Gasteiger partial charge in [0, 0.05) is 47.4 Å². The van der Waals surface area contributed by atoms with Crippen LogP contribution in [0, 0.1) is 5.82 Å². The van der Waals surface area contributed by atoms with Crippen LogP contribution in [0.4, 0.5) is 4.39 Å². The molecular formula is C20H19ClFN5O4S2. The number of rotatable bonds is 4. The van der Waals surface area contributed by atoms with Crippen LogP contribution in [0.1, 0.15) is 30.0 Å². The molecule has 2 atom stereocenters. The highest BCUT2D eigenvalue weighted by atomic mass is 35.5. The van der Waals surface area contributed by atoms with Crippen LogP contribution in [0.25, 0.3) is 0 Å². The van der Waals surface area contributed by atoms with Crippen LogP contribution in [0.2, 0.25) is 5.02 Å². The van der Waals surface area contributed by atoms with E-state index in [-0.39, 0.29) is 36.7 Å². The first-order valence-electron chi connectivity index (χ1n) is 10.1. The lowest BCUT2D eigenvalue weighted by molar-refractivity contribution is -0.139. The number of nitrogens with zero attached hydrogens (tertiary/aromatic N) is 3. The molecule has 0 aliphatic carbocycles. The molecule has 0 bridgehead atoms. The fourth-order valence-electron chi connectivity index (χ4n) is 4.40. The van der Waals surface area contributed by atoms with Crippen molar-refractivity contribution in [2.45, 2.75) is 24.9 Å². The molecule has 33 heavy (non-hydrogen) atoms. The summed E-state index contributed by atoms with van der Waals surface area (Å²) in [5.74, 6) is -0.612. The average molecular weight is 512 g/mol. The number of halogens is 2. The van der Waals surface area contributed by atoms with Crippen molar-refractivity contribution in [3.05, 3.63) is 62.5 Å². The van der Waals surface area contributed by atoms with Gasteiger partial charge >= 0.3 is 5.97 Å². The number of carbonyl (C=O) groups excluding carboxylic acids is 1. The second kappa shape index (κ2) is 8.13. The topological polar surface area (TPSA) is 113 Å². The zero-order chi connectivity index (χ0) is 23.4. The first-order valence-corrected chi connectivity index (χ1v) is 12.8. The van der Waals surface area contributed by atoms with Crippen molar-refractivity contribution < 1.29 is 22.3 Å². The summed E-state index contributed by atoms with van der Waals surface area (Å²) in [6.45, 7) is 2.24. The van der Waals surface area contributed by atoms with E-state index in [1.807, 2.05) is 4.90 Å². The number of nitrogens with one attached hydrogen (secondary N) is 2. The summed E-state index contributed by atoms with van der Waals surface area (Å²) in [5.41, 5.74) is 0.387. The van der Waals surface area contributed by atoms with Gasteiger partial charge in [-0.05, 0) is 19.1 Å². The maximum absolute atomic E-state index is 13.8. The zero-order valence-electron chi connectivity index (χ0n) is 17.3. The molecule has 0 unspecified atom stereocenters. The van der Waals surface area contributed by atoms with Gasteiger partial charge in [0.15, 0.2) is 10.8 Å². The van der Waals surface area contributed by atoms with Crippen LogP contribution in [0.3, 0.4) is 0 Å². The molecule has 0 saturated carbocycles. The van der Waals surface area contributed by atoms with Gasteiger partial charge < -0.3 is 9.64 Å². The predicted molar refractivity (Wildman–Crippen MR) is 121 cm³/mol. The van der Waals surface area contributed by atoms with Crippen molar-refractivity contribution >= 4 is 45.0 Å². The Balaban J connectivity index is 1.71. The summed E-state index contributed by atoms with van der Waals surface area (Å²) < 4.78 is 48.6. The standard InChI is InChI=1S/C20H19ClFN5O4S2/c1-2-31-19(28)15-14-8-20(9-24-33(29,30)26-20)10-27(14)17(18-23-5-6-32-18)25-16(15)12-4-3-11(22)7-13(12)21/h3-7,16,24,26H,2,8-10H2,1H3/t16-,20-/m0/s1. The van der Waals surface area contributed by atoms with E-state index < -0.39 is 33.6 Å². The number of thiazole rings is 1. The smallest absolute Gasteiger partial charge is 0.338 e. The summed E-state index contributed by atoms with van der Waals surface area (Å²) in [6.07, 6.45) is 1.87. The number of fused-ring (bicyclic) bond motifs is 1. The van der Waals surface area contributed by atoms with E-state index in [2.05, 4.69) is 14.4 Å². The lowest BCUT2D eigenvalue weighted by Gasteiger charge is -2.32. The number of ether oxygens (including phenoxy) is 1. The molecule has 0 amide bonds. The SMILES string of the molecule is CCOC(=O)C1=C2C[C@]3(CNS(=O)(=O)N3)CN2C(c2nccs2)=N[C@H]1c1ccc(F)cc1Cl. The number of benzene rings is 1. The van der Waals surface area contributed by atoms with Crippen LogP contribution in [-0.4, -0.2) is 55.3 Å². The first kappa shape index (κ1) is 22.4. The van der Waals surface area contributed by atoms with E-state index in [9.17, 15) is 17.6 Å². The fourth-order valence-corrected chi connectivity index (χ4v) is 6.62. The number of amidine groups is 1. The molecule has 3 aliphatic heterocycles. The molecule has 1 spiro atoms. The van der Waals surface area contributed by atoms with Gasteiger partial charge in [-0.1, -0.05) is 17.7 Å². The van der Waals surface area contributed by atoms with Gasteiger partial charge in [0.1, 0.15) is 11.9 Å². The van der Waals surface area contributed by atoms with Crippen LogP contribution >= 0.6 is 22.9 Å². The minimum Gasteiger partial charge on any atom is -0.463 e. The molecule has 9 nitrogen and oxygen atoms in total. The zero-order valence-corrected chi connectivity index (χ0v) is 19.7. The van der Waals surface area contributed by atoms with Gasteiger partial charge in [0.25, 0.3) is 10.2 Å². The molecule has 0 radical (unpaired) electrons. The number of aliphatic imine (C=N–C) groups is 1. The van der Waals surface area contributed by atoms with Crippen molar-refractivity contribution in [1.29, 1.82) is 0 Å². The van der Waals surface area contributed by atoms with Gasteiger partial charge in [-0.2, -0.15) is 13.1 Å². The first-order chi connectivity index (χ1) is 15.7. The highest BCUT2D eigenvalue weighted by molar-refractivity contribution is 7.87. The van der Waals surface area contributed by atoms with Gasteiger partial charge in [0.2, 0.25) is 0 Å². The molecule has 174 valence electrons. The molecule has 1 aromatic carbocycles. The van der Waals surface area contributed by atoms with E-state index in [1.165, 1.54) is 29.5 Å². The monoisotopic (exact) mass is 511 g/mol. The van der Waals surface area contributed by atoms with Gasteiger partial charge in [-0.3, -0.25) is 4.99 Å². The number of carbonyl (C=O) groups is 1. The molecular weight excluding hydrogens is 493 g/mol. The number of esters is 1. The van der Waals surface area contributed by atoms with E-state index in [1.54, 1.807) is 18.5 Å². The summed E-state index contributed by atoms with van der Waals surface area (Å²) in [6, 6.07) is 3.04. The molecule has 3 aliphatic rings. The largest absolute Gasteiger partial charge is 0.463 e. The average Bonchev–Trinajstić information content (AvgIpc) is 3.46. The minimum atomic E-state index is -3.66. The molecule has 13 heteroatoms. The lowest BCUT2D eigenvalue weighted by Crippen LogP contribution is -2.47. The molecule has 4 heterocycles. The second-order valence-electron chi connectivity index (χ2n) is 7.91. The highest BCUT2D eigenvalue weighted by Gasteiger charge is 2.53. The van der Waals surface area contributed by atoms with E-state index in [0.29, 0.717) is 22.1 Å². The van der Waals surface area contributed by atoms with Crippen molar-refractivity contribution in [3.63, 3.8) is 0 Å². The van der Waals surface area contributed by atoms with Gasteiger partial charge in [-0.15, -0.1) is 11.3 Å². The van der Waals surface area contributed by atoms with Crippen LogP contribution < -0.4 is 9.44 Å². The molecule has 2 aromatic rings. The van der Waals surface area contributed by atoms with Gasteiger partial charge in [0.05, 0.1) is 17.7 Å². The van der Waals surface area contributed by atoms with Crippen LogP contribution in [0.5, 0.6) is 0 Å². The fraction of sp³-hybridized carbons (Fsp3) is 0.350. The number of hydrogen-bond acceptors (Lipinski definition) is 8. The van der Waals surface area contributed by atoms with Crippen molar-refractivity contribution in [2.75, 3.05) is 19.7 Å². The maximum atomic E-state index is 13.8. The molecule has 2 saturated heterocycles. The Bertz CT molecular complexity index is 1300. The second-order valence-corrected chi connectivity index (χ2v) is 10.7. The summed E-state index contributed by atoms with van der Waals surface area (Å²) in [4.78, 5) is 24.2. The highest BCUT2D eigenvalue weighted by Crippen LogP contribution is 2.45. The molecule has 1 aromatic heterocycles. The van der Waals surface area contributed by atoms with Crippen molar-refractivity contribution in [1.82, 2.24) is 19.3 Å². The third-order valence-corrected chi connectivity index (χ3v) is 8.03. The van der Waals surface area contributed by atoms with Crippen molar-refractivity contribution in [2.24, 2.45) is 4.99 Å². The summed E-state index contributed by atoms with van der Waals surface area (Å²) in [7, 11) is -3.66.